The lowest BCUT2D eigenvalue weighted by Crippen LogP contribution is -1.96. The molecule has 2 atom stereocenters. The standard InChI is InChI=1S/C13H18.C2H6/c1-3-9-13(2)10-12(13)11-7-5-4-6-8-11;1-2/h4-8,12H,3,9-10H2,1-2H3;1-2H3/t12-,13?;/m1./s1. The minimum atomic E-state index is 0.621. The van der Waals surface area contributed by atoms with Crippen LogP contribution in [0.5, 0.6) is 0 Å². The Kier molecular flexibility index (Phi) is 4.38. The minimum Gasteiger partial charge on any atom is -0.0683 e. The third-order valence-corrected chi connectivity index (χ3v) is 3.37. The molecule has 0 nitrogen and oxygen atoms in total. The Hall–Kier alpha value is -0.780. The van der Waals surface area contributed by atoms with Gasteiger partial charge in [-0.05, 0) is 29.7 Å². The van der Waals surface area contributed by atoms with E-state index in [0.717, 1.165) is 5.92 Å². The van der Waals surface area contributed by atoms with E-state index in [1.165, 1.54) is 19.3 Å². The van der Waals surface area contributed by atoms with E-state index in [2.05, 4.69) is 44.2 Å². The van der Waals surface area contributed by atoms with Gasteiger partial charge in [-0.2, -0.15) is 0 Å². The van der Waals surface area contributed by atoms with E-state index in [0.29, 0.717) is 5.41 Å². The van der Waals surface area contributed by atoms with Gasteiger partial charge in [0.2, 0.25) is 0 Å². The number of benzene rings is 1. The number of hydrogen-bond donors (Lipinski definition) is 0. The van der Waals surface area contributed by atoms with Crippen LogP contribution in [-0.2, 0) is 0 Å². The van der Waals surface area contributed by atoms with Crippen LogP contribution in [-0.4, -0.2) is 0 Å². The first-order valence-corrected chi connectivity index (χ1v) is 6.31. The zero-order valence-corrected chi connectivity index (χ0v) is 10.6. The highest BCUT2D eigenvalue weighted by molar-refractivity contribution is 5.28. The summed E-state index contributed by atoms with van der Waals surface area (Å²) in [5, 5.41) is 0. The molecule has 2 rings (SSSR count). The molecule has 0 saturated heterocycles. The number of hydrogen-bond acceptors (Lipinski definition) is 0. The molecule has 0 amide bonds. The monoisotopic (exact) mass is 204 g/mol. The summed E-state index contributed by atoms with van der Waals surface area (Å²) in [6.45, 7) is 8.71. The summed E-state index contributed by atoms with van der Waals surface area (Å²) in [6, 6.07) is 10.9. The largest absolute Gasteiger partial charge is 0.0683 e. The molecule has 1 fully saturated rings. The Bertz CT molecular complexity index is 275. The van der Waals surface area contributed by atoms with Crippen LogP contribution in [0.25, 0.3) is 0 Å². The van der Waals surface area contributed by atoms with Crippen LogP contribution in [0.3, 0.4) is 0 Å². The fourth-order valence-corrected chi connectivity index (χ4v) is 2.46. The zero-order valence-electron chi connectivity index (χ0n) is 10.6. The van der Waals surface area contributed by atoms with Crippen molar-refractivity contribution in [1.29, 1.82) is 0 Å². The van der Waals surface area contributed by atoms with Crippen molar-refractivity contribution in [3.05, 3.63) is 35.9 Å². The van der Waals surface area contributed by atoms with Gasteiger partial charge >= 0.3 is 0 Å². The normalized spacial score (nSPS) is 27.9. The molecule has 0 bridgehead atoms. The van der Waals surface area contributed by atoms with E-state index in [1.807, 2.05) is 13.8 Å². The van der Waals surface area contributed by atoms with E-state index < -0.39 is 0 Å². The quantitative estimate of drug-likeness (QED) is 0.649. The fraction of sp³-hybridized carbons (Fsp3) is 0.600. The van der Waals surface area contributed by atoms with Gasteiger partial charge in [0, 0.05) is 0 Å². The van der Waals surface area contributed by atoms with Crippen LogP contribution < -0.4 is 0 Å². The van der Waals surface area contributed by atoms with E-state index in [4.69, 9.17) is 0 Å². The van der Waals surface area contributed by atoms with Gasteiger partial charge < -0.3 is 0 Å². The Balaban J connectivity index is 0.000000531. The van der Waals surface area contributed by atoms with Gasteiger partial charge in [0.1, 0.15) is 0 Å². The maximum atomic E-state index is 2.42. The predicted molar refractivity (Wildman–Crippen MR) is 68.2 cm³/mol. The van der Waals surface area contributed by atoms with Crippen molar-refractivity contribution in [2.45, 2.75) is 52.9 Å². The van der Waals surface area contributed by atoms with Crippen molar-refractivity contribution >= 4 is 0 Å². The molecular weight excluding hydrogens is 180 g/mol. The van der Waals surface area contributed by atoms with Crippen LogP contribution >= 0.6 is 0 Å². The van der Waals surface area contributed by atoms with Crippen LogP contribution in [0, 0.1) is 5.41 Å². The summed E-state index contributed by atoms with van der Waals surface area (Å²) in [4.78, 5) is 0. The molecule has 1 aromatic carbocycles. The van der Waals surface area contributed by atoms with E-state index in [-0.39, 0.29) is 0 Å². The first-order valence-electron chi connectivity index (χ1n) is 6.31. The van der Waals surface area contributed by atoms with Crippen LogP contribution in [0.1, 0.15) is 58.4 Å². The van der Waals surface area contributed by atoms with Gasteiger partial charge in [-0.1, -0.05) is 64.4 Å². The SMILES string of the molecule is CC.CCCC1(C)C[C@@H]1c1ccccc1. The molecule has 0 aliphatic heterocycles. The molecule has 1 aliphatic carbocycles. The highest BCUT2D eigenvalue weighted by atomic mass is 14.5. The van der Waals surface area contributed by atoms with E-state index in [1.54, 1.807) is 5.56 Å². The van der Waals surface area contributed by atoms with E-state index in [9.17, 15) is 0 Å². The molecule has 1 saturated carbocycles. The Morgan fingerprint density at radius 3 is 2.33 bits per heavy atom. The lowest BCUT2D eigenvalue weighted by atomic mass is 9.96. The predicted octanol–water partition coefficient (Wildman–Crippen LogP) is 5.01. The first-order chi connectivity index (χ1) is 7.26. The van der Waals surface area contributed by atoms with Crippen LogP contribution in [0.2, 0.25) is 0 Å². The second kappa shape index (κ2) is 5.34. The van der Waals surface area contributed by atoms with Gasteiger partial charge in [-0.3, -0.25) is 0 Å². The average Bonchev–Trinajstić information content (AvgIpc) is 2.95. The number of rotatable bonds is 3. The van der Waals surface area contributed by atoms with Crippen LogP contribution in [0.4, 0.5) is 0 Å². The van der Waals surface area contributed by atoms with Crippen molar-refractivity contribution in [1.82, 2.24) is 0 Å². The summed E-state index contributed by atoms with van der Waals surface area (Å²) < 4.78 is 0. The van der Waals surface area contributed by atoms with Crippen molar-refractivity contribution in [3.8, 4) is 0 Å². The molecule has 0 heteroatoms. The molecule has 1 aromatic rings. The van der Waals surface area contributed by atoms with Crippen molar-refractivity contribution in [3.63, 3.8) is 0 Å². The van der Waals surface area contributed by atoms with Crippen LogP contribution in [0.15, 0.2) is 30.3 Å². The molecule has 0 N–H and O–H groups in total. The molecule has 0 aromatic heterocycles. The molecule has 15 heavy (non-hydrogen) atoms. The van der Waals surface area contributed by atoms with Crippen molar-refractivity contribution in [2.24, 2.45) is 5.41 Å². The molecule has 84 valence electrons. The molecule has 1 aliphatic rings. The molecular formula is C15H24. The first kappa shape index (κ1) is 12.3. The summed E-state index contributed by atoms with van der Waals surface area (Å²) in [5.41, 5.74) is 2.16. The summed E-state index contributed by atoms with van der Waals surface area (Å²) in [5.74, 6) is 0.841. The van der Waals surface area contributed by atoms with Crippen molar-refractivity contribution < 1.29 is 0 Å². The lowest BCUT2D eigenvalue weighted by molar-refractivity contribution is 0.491. The molecule has 0 spiro atoms. The highest BCUT2D eigenvalue weighted by Crippen LogP contribution is 2.61. The molecule has 0 radical (unpaired) electrons. The van der Waals surface area contributed by atoms with Gasteiger partial charge in [0.25, 0.3) is 0 Å². The minimum absolute atomic E-state index is 0.621. The maximum Gasteiger partial charge on any atom is -0.0102 e. The second-order valence-corrected chi connectivity index (χ2v) is 4.57. The topological polar surface area (TPSA) is 0 Å². The summed E-state index contributed by atoms with van der Waals surface area (Å²) in [6.07, 6.45) is 4.09. The van der Waals surface area contributed by atoms with Gasteiger partial charge in [-0.15, -0.1) is 0 Å². The zero-order chi connectivity index (χ0) is 11.3. The summed E-state index contributed by atoms with van der Waals surface area (Å²) >= 11 is 0. The fourth-order valence-electron chi connectivity index (χ4n) is 2.46. The smallest absolute Gasteiger partial charge is 0.0102 e. The maximum absolute atomic E-state index is 2.42. The van der Waals surface area contributed by atoms with E-state index >= 15 is 0 Å². The highest BCUT2D eigenvalue weighted by Gasteiger charge is 2.49. The van der Waals surface area contributed by atoms with Gasteiger partial charge in [-0.25, -0.2) is 0 Å². The lowest BCUT2D eigenvalue weighted by Gasteiger charge is -2.08. The Morgan fingerprint density at radius 2 is 1.80 bits per heavy atom. The van der Waals surface area contributed by atoms with Gasteiger partial charge in [0.05, 0.1) is 0 Å². The Labute approximate surface area is 94.7 Å². The van der Waals surface area contributed by atoms with Crippen molar-refractivity contribution in [2.75, 3.05) is 0 Å². The Morgan fingerprint density at radius 1 is 1.20 bits per heavy atom. The average molecular weight is 204 g/mol. The summed E-state index contributed by atoms with van der Waals surface area (Å²) in [7, 11) is 0. The third-order valence-electron chi connectivity index (χ3n) is 3.37. The molecule has 1 unspecified atom stereocenters. The molecule has 0 heterocycles. The van der Waals surface area contributed by atoms with Gasteiger partial charge in [0.15, 0.2) is 0 Å². The third kappa shape index (κ3) is 2.84. The second-order valence-electron chi connectivity index (χ2n) is 4.57.